The second-order valence-electron chi connectivity index (χ2n) is 1.54. The minimum absolute atomic E-state index is 0. The fourth-order valence-electron chi connectivity index (χ4n) is 0.494. The number of hydrogen-bond donors (Lipinski definition) is 1. The van der Waals surface area contributed by atoms with Gasteiger partial charge < -0.3 is 6.53 Å². The molecule has 4 heteroatoms. The number of hydrogen-bond acceptors (Lipinski definition) is 2. The topological polar surface area (TPSA) is 50.2 Å². The average molecular weight is 131 g/mol. The van der Waals surface area contributed by atoms with E-state index in [2.05, 4.69) is 4.98 Å². The molecule has 0 aliphatic carbocycles. The molecule has 0 saturated carbocycles. The Labute approximate surface area is 71.8 Å². The fourth-order valence-corrected chi connectivity index (χ4v) is 0.494. The molecule has 0 unspecified atom stereocenters. The Morgan fingerprint density at radius 2 is 2.00 bits per heavy atom. The van der Waals surface area contributed by atoms with E-state index >= 15 is 0 Å². The van der Waals surface area contributed by atoms with Crippen molar-refractivity contribution >= 4 is 5.97 Å². The van der Waals surface area contributed by atoms with Gasteiger partial charge >= 0.3 is 24.8 Å². The molecule has 0 fully saturated rings. The van der Waals surface area contributed by atoms with Crippen LogP contribution in [0.4, 0.5) is 0 Å². The Morgan fingerprint density at radius 3 is 2.30 bits per heavy atom. The van der Waals surface area contributed by atoms with Crippen LogP contribution in [0, 0.1) is 0 Å². The molecule has 1 rings (SSSR count). The van der Waals surface area contributed by atoms with Crippen LogP contribution < -0.4 is 18.9 Å². The first-order valence-electron chi connectivity index (χ1n) is 2.44. The maximum Gasteiger partial charge on any atom is 1.00 e. The van der Waals surface area contributed by atoms with Gasteiger partial charge in [-0.25, -0.2) is 4.79 Å². The molecule has 1 N–H and O–H groups in total. The molecule has 0 atom stereocenters. The quantitative estimate of drug-likeness (QED) is 0.444. The SMILES string of the molecule is O=C(O)c1ccncc1.[H-].[Li+]. The summed E-state index contributed by atoms with van der Waals surface area (Å²) in [5, 5.41) is 8.36. The van der Waals surface area contributed by atoms with Gasteiger partial charge in [0.15, 0.2) is 0 Å². The van der Waals surface area contributed by atoms with Crippen LogP contribution in [0.5, 0.6) is 0 Å². The van der Waals surface area contributed by atoms with E-state index in [-0.39, 0.29) is 25.9 Å². The zero-order valence-electron chi connectivity index (χ0n) is 6.61. The van der Waals surface area contributed by atoms with E-state index in [0.29, 0.717) is 0 Å². The molecular formula is C6H6LiNO2. The molecular weight excluding hydrogens is 125 g/mol. The van der Waals surface area contributed by atoms with Crippen LogP contribution in [0.1, 0.15) is 11.8 Å². The number of nitrogens with zero attached hydrogens (tertiary/aromatic N) is 1. The summed E-state index contributed by atoms with van der Waals surface area (Å²) in [5.74, 6) is -0.919. The zero-order chi connectivity index (χ0) is 6.69. The van der Waals surface area contributed by atoms with Crippen molar-refractivity contribution in [1.29, 1.82) is 0 Å². The summed E-state index contributed by atoms with van der Waals surface area (Å²) in [6.07, 6.45) is 2.90. The number of carbonyl (C=O) groups is 1. The smallest absolute Gasteiger partial charge is 1.00 e. The summed E-state index contributed by atoms with van der Waals surface area (Å²) in [4.78, 5) is 13.8. The predicted molar refractivity (Wildman–Crippen MR) is 32.3 cm³/mol. The van der Waals surface area contributed by atoms with Crippen LogP contribution in [-0.4, -0.2) is 16.1 Å². The Hall–Kier alpha value is -0.783. The standard InChI is InChI=1S/C6H5NO2.Li.H/c8-6(9)5-1-3-7-4-2-5;;/h1-4H,(H,8,9);;/q;+1;-1. The molecule has 0 saturated heterocycles. The first-order valence-corrected chi connectivity index (χ1v) is 2.44. The number of carboxylic acids is 1. The van der Waals surface area contributed by atoms with Crippen molar-refractivity contribution in [3.63, 3.8) is 0 Å². The second-order valence-corrected chi connectivity index (χ2v) is 1.54. The van der Waals surface area contributed by atoms with Crippen molar-refractivity contribution < 1.29 is 30.2 Å². The Kier molecular flexibility index (Phi) is 3.78. The Bertz CT molecular complexity index is 217. The molecule has 1 aromatic rings. The summed E-state index contributed by atoms with van der Waals surface area (Å²) in [7, 11) is 0. The maximum absolute atomic E-state index is 10.2. The fraction of sp³-hybridized carbons (Fsp3) is 0. The largest absolute Gasteiger partial charge is 1.00 e. The van der Waals surface area contributed by atoms with Crippen LogP contribution in [0.15, 0.2) is 24.5 Å². The van der Waals surface area contributed by atoms with Gasteiger partial charge in [0, 0.05) is 12.4 Å². The summed E-state index contributed by atoms with van der Waals surface area (Å²) < 4.78 is 0. The van der Waals surface area contributed by atoms with E-state index in [0.717, 1.165) is 0 Å². The summed E-state index contributed by atoms with van der Waals surface area (Å²) in [6, 6.07) is 2.89. The predicted octanol–water partition coefficient (Wildman–Crippen LogP) is -2.10. The maximum atomic E-state index is 10.2. The number of aromatic nitrogens is 1. The molecule has 10 heavy (non-hydrogen) atoms. The van der Waals surface area contributed by atoms with Crippen LogP contribution in [-0.2, 0) is 0 Å². The summed E-state index contributed by atoms with van der Waals surface area (Å²) in [6.45, 7) is 0. The van der Waals surface area contributed by atoms with Crippen molar-refractivity contribution in [3.8, 4) is 0 Å². The van der Waals surface area contributed by atoms with Gasteiger partial charge in [0.25, 0.3) is 0 Å². The minimum Gasteiger partial charge on any atom is -1.00 e. The van der Waals surface area contributed by atoms with Crippen LogP contribution in [0.3, 0.4) is 0 Å². The molecule has 3 nitrogen and oxygen atoms in total. The number of aromatic carboxylic acids is 1. The zero-order valence-corrected chi connectivity index (χ0v) is 5.61. The average Bonchev–Trinajstić information content (AvgIpc) is 1.90. The number of carboxylic acid groups (broad SMARTS) is 1. The van der Waals surface area contributed by atoms with Crippen molar-refractivity contribution in [1.82, 2.24) is 4.98 Å². The van der Waals surface area contributed by atoms with E-state index in [1.54, 1.807) is 0 Å². The first-order chi connectivity index (χ1) is 4.30. The molecule has 0 radical (unpaired) electrons. The number of pyridine rings is 1. The van der Waals surface area contributed by atoms with Gasteiger partial charge in [0.1, 0.15) is 0 Å². The van der Waals surface area contributed by atoms with Crippen molar-refractivity contribution in [2.24, 2.45) is 0 Å². The van der Waals surface area contributed by atoms with Crippen molar-refractivity contribution in [2.75, 3.05) is 0 Å². The van der Waals surface area contributed by atoms with Gasteiger partial charge in [-0.05, 0) is 12.1 Å². The molecule has 0 aromatic carbocycles. The molecule has 0 aliphatic rings. The van der Waals surface area contributed by atoms with Crippen molar-refractivity contribution in [2.45, 2.75) is 0 Å². The van der Waals surface area contributed by atoms with Gasteiger partial charge in [-0.1, -0.05) is 0 Å². The van der Waals surface area contributed by atoms with Gasteiger partial charge in [0.05, 0.1) is 5.56 Å². The van der Waals surface area contributed by atoms with E-state index in [4.69, 9.17) is 5.11 Å². The van der Waals surface area contributed by atoms with E-state index in [1.807, 2.05) is 0 Å². The van der Waals surface area contributed by atoms with E-state index < -0.39 is 5.97 Å². The molecule has 1 heterocycles. The molecule has 1 aromatic heterocycles. The molecule has 0 bridgehead atoms. The Morgan fingerprint density at radius 1 is 1.50 bits per heavy atom. The van der Waals surface area contributed by atoms with Gasteiger partial charge in [-0.15, -0.1) is 0 Å². The van der Waals surface area contributed by atoms with Crippen LogP contribution >= 0.6 is 0 Å². The normalized spacial score (nSPS) is 8.00. The molecule has 0 spiro atoms. The van der Waals surface area contributed by atoms with Crippen LogP contribution in [0.25, 0.3) is 0 Å². The third kappa shape index (κ3) is 2.22. The minimum atomic E-state index is -0.919. The van der Waals surface area contributed by atoms with Crippen molar-refractivity contribution in [3.05, 3.63) is 30.1 Å². The monoisotopic (exact) mass is 131 g/mol. The number of rotatable bonds is 1. The molecule has 0 aliphatic heterocycles. The van der Waals surface area contributed by atoms with Gasteiger partial charge in [-0.3, -0.25) is 4.98 Å². The van der Waals surface area contributed by atoms with Crippen LogP contribution in [0.2, 0.25) is 0 Å². The third-order valence-electron chi connectivity index (χ3n) is 0.927. The van der Waals surface area contributed by atoms with E-state index in [1.165, 1.54) is 24.5 Å². The third-order valence-corrected chi connectivity index (χ3v) is 0.927. The molecule has 48 valence electrons. The second kappa shape index (κ2) is 4.10. The molecule has 0 amide bonds. The van der Waals surface area contributed by atoms with Gasteiger partial charge in [-0.2, -0.15) is 0 Å². The van der Waals surface area contributed by atoms with Gasteiger partial charge in [0.2, 0.25) is 0 Å². The van der Waals surface area contributed by atoms with E-state index in [9.17, 15) is 4.79 Å². The summed E-state index contributed by atoms with van der Waals surface area (Å²) in [5.41, 5.74) is 0.269. The Balaban J connectivity index is 0. The summed E-state index contributed by atoms with van der Waals surface area (Å²) >= 11 is 0. The first kappa shape index (κ1) is 9.22.